The molecule has 0 aromatic rings. The molecule has 2 rings (SSSR count). The first-order chi connectivity index (χ1) is 6.88. The summed E-state index contributed by atoms with van der Waals surface area (Å²) in [5, 5.41) is 3.55. The Hall–Kier alpha value is -0.300. The molecule has 2 unspecified atom stereocenters. The van der Waals surface area contributed by atoms with Crippen molar-refractivity contribution in [1.29, 1.82) is 0 Å². The Morgan fingerprint density at radius 2 is 1.79 bits per heavy atom. The molecule has 0 saturated carbocycles. The predicted molar refractivity (Wildman–Crippen MR) is 65.6 cm³/mol. The first-order valence-electron chi connectivity index (χ1n) is 6.28. The summed E-state index contributed by atoms with van der Waals surface area (Å²) in [4.78, 5) is 0. The average Bonchev–Trinajstić information content (AvgIpc) is 2.73. The molecule has 0 spiro atoms. The Morgan fingerprint density at radius 1 is 1.14 bits per heavy atom. The minimum Gasteiger partial charge on any atom is -0.313 e. The number of rotatable bonds is 0. The SMILES string of the molecule is CC.CC.CC1=CCCC2NCCC12. The Morgan fingerprint density at radius 3 is 2.36 bits per heavy atom. The third-order valence-corrected chi connectivity index (χ3v) is 2.88. The summed E-state index contributed by atoms with van der Waals surface area (Å²) in [6, 6.07) is 0.824. The van der Waals surface area contributed by atoms with E-state index in [-0.39, 0.29) is 0 Å². The molecule has 1 heteroatoms. The summed E-state index contributed by atoms with van der Waals surface area (Å²) in [6.07, 6.45) is 6.43. The van der Waals surface area contributed by atoms with Gasteiger partial charge < -0.3 is 5.32 Å². The van der Waals surface area contributed by atoms with Gasteiger partial charge in [0.15, 0.2) is 0 Å². The van der Waals surface area contributed by atoms with Crippen LogP contribution in [0.5, 0.6) is 0 Å². The normalized spacial score (nSPS) is 28.8. The fraction of sp³-hybridized carbons (Fsp3) is 0.846. The van der Waals surface area contributed by atoms with E-state index < -0.39 is 0 Å². The summed E-state index contributed by atoms with van der Waals surface area (Å²) in [5.41, 5.74) is 1.63. The molecule has 1 aliphatic heterocycles. The minimum atomic E-state index is 0.824. The highest BCUT2D eigenvalue weighted by Gasteiger charge is 2.29. The van der Waals surface area contributed by atoms with Gasteiger partial charge in [-0.15, -0.1) is 0 Å². The lowest BCUT2D eigenvalue weighted by Gasteiger charge is -2.24. The Bertz CT molecular complexity index is 161. The number of nitrogens with one attached hydrogen (secondary N) is 1. The van der Waals surface area contributed by atoms with Crippen LogP contribution in [0.25, 0.3) is 0 Å². The van der Waals surface area contributed by atoms with E-state index in [0.717, 1.165) is 12.0 Å². The third-order valence-electron chi connectivity index (χ3n) is 2.88. The summed E-state index contributed by atoms with van der Waals surface area (Å²) in [7, 11) is 0. The molecular weight excluding hydrogens is 170 g/mol. The lowest BCUT2D eigenvalue weighted by Crippen LogP contribution is -2.29. The minimum absolute atomic E-state index is 0.824. The largest absolute Gasteiger partial charge is 0.313 e. The second kappa shape index (κ2) is 8.05. The molecular formula is C13H27N. The maximum Gasteiger partial charge on any atom is 0.0136 e. The predicted octanol–water partition coefficient (Wildman–Crippen LogP) is 3.76. The van der Waals surface area contributed by atoms with Crippen molar-refractivity contribution in [2.24, 2.45) is 5.92 Å². The van der Waals surface area contributed by atoms with Crippen LogP contribution in [0.3, 0.4) is 0 Å². The van der Waals surface area contributed by atoms with Crippen molar-refractivity contribution in [3.63, 3.8) is 0 Å². The van der Waals surface area contributed by atoms with Gasteiger partial charge in [0.1, 0.15) is 0 Å². The topological polar surface area (TPSA) is 12.0 Å². The molecule has 0 aromatic carbocycles. The quantitative estimate of drug-likeness (QED) is 0.583. The molecule has 1 N–H and O–H groups in total. The van der Waals surface area contributed by atoms with Gasteiger partial charge in [-0.05, 0) is 38.6 Å². The molecule has 84 valence electrons. The van der Waals surface area contributed by atoms with Gasteiger partial charge in [0, 0.05) is 6.04 Å². The van der Waals surface area contributed by atoms with Crippen LogP contribution < -0.4 is 5.32 Å². The van der Waals surface area contributed by atoms with E-state index in [0.29, 0.717) is 0 Å². The Kier molecular flexibility index (Phi) is 7.87. The molecule has 2 aliphatic rings. The lowest BCUT2D eigenvalue weighted by atomic mass is 9.85. The molecule has 2 atom stereocenters. The van der Waals surface area contributed by atoms with Crippen LogP contribution in [0.15, 0.2) is 11.6 Å². The fourth-order valence-electron chi connectivity index (χ4n) is 2.26. The van der Waals surface area contributed by atoms with Crippen molar-refractivity contribution in [1.82, 2.24) is 5.32 Å². The van der Waals surface area contributed by atoms with Gasteiger partial charge >= 0.3 is 0 Å². The molecule has 0 bridgehead atoms. The van der Waals surface area contributed by atoms with Gasteiger partial charge in [-0.25, -0.2) is 0 Å². The third kappa shape index (κ3) is 3.45. The van der Waals surface area contributed by atoms with Crippen LogP contribution in [0.1, 0.15) is 53.9 Å². The first kappa shape index (κ1) is 13.7. The monoisotopic (exact) mass is 197 g/mol. The van der Waals surface area contributed by atoms with Crippen LogP contribution in [-0.2, 0) is 0 Å². The molecule has 1 nitrogen and oxygen atoms in total. The van der Waals surface area contributed by atoms with Crippen LogP contribution in [0.4, 0.5) is 0 Å². The Labute approximate surface area is 90.0 Å². The highest BCUT2D eigenvalue weighted by atomic mass is 15.0. The van der Waals surface area contributed by atoms with Crippen molar-refractivity contribution in [2.75, 3.05) is 6.54 Å². The van der Waals surface area contributed by atoms with Gasteiger partial charge in [0.25, 0.3) is 0 Å². The van der Waals surface area contributed by atoms with E-state index in [4.69, 9.17) is 0 Å². The zero-order chi connectivity index (χ0) is 11.0. The highest BCUT2D eigenvalue weighted by Crippen LogP contribution is 2.30. The van der Waals surface area contributed by atoms with E-state index in [1.807, 2.05) is 27.7 Å². The number of hydrogen-bond acceptors (Lipinski definition) is 1. The van der Waals surface area contributed by atoms with Gasteiger partial charge in [0.05, 0.1) is 0 Å². The summed E-state index contributed by atoms with van der Waals surface area (Å²) in [5.74, 6) is 0.883. The zero-order valence-electron chi connectivity index (χ0n) is 10.6. The smallest absolute Gasteiger partial charge is 0.0136 e. The molecule has 1 saturated heterocycles. The van der Waals surface area contributed by atoms with Gasteiger partial charge in [0.2, 0.25) is 0 Å². The Balaban J connectivity index is 0.000000379. The van der Waals surface area contributed by atoms with Crippen LogP contribution in [-0.4, -0.2) is 12.6 Å². The van der Waals surface area contributed by atoms with Crippen molar-refractivity contribution in [2.45, 2.75) is 59.9 Å². The van der Waals surface area contributed by atoms with Crippen molar-refractivity contribution >= 4 is 0 Å². The molecule has 0 aromatic heterocycles. The molecule has 1 fully saturated rings. The number of allylic oxidation sites excluding steroid dienone is 1. The van der Waals surface area contributed by atoms with Gasteiger partial charge in [-0.1, -0.05) is 39.3 Å². The maximum absolute atomic E-state index is 3.55. The molecule has 0 amide bonds. The van der Waals surface area contributed by atoms with E-state index in [9.17, 15) is 0 Å². The summed E-state index contributed by atoms with van der Waals surface area (Å²) < 4.78 is 0. The van der Waals surface area contributed by atoms with Crippen molar-refractivity contribution in [3.05, 3.63) is 11.6 Å². The fourth-order valence-corrected chi connectivity index (χ4v) is 2.26. The van der Waals surface area contributed by atoms with Crippen LogP contribution in [0.2, 0.25) is 0 Å². The molecule has 1 aliphatic carbocycles. The van der Waals surface area contributed by atoms with Crippen LogP contribution >= 0.6 is 0 Å². The molecule has 14 heavy (non-hydrogen) atoms. The molecule has 1 heterocycles. The number of fused-ring (bicyclic) bond motifs is 1. The van der Waals surface area contributed by atoms with Crippen molar-refractivity contribution < 1.29 is 0 Å². The average molecular weight is 197 g/mol. The van der Waals surface area contributed by atoms with E-state index >= 15 is 0 Å². The second-order valence-corrected chi connectivity index (χ2v) is 3.48. The first-order valence-corrected chi connectivity index (χ1v) is 6.28. The second-order valence-electron chi connectivity index (χ2n) is 3.48. The summed E-state index contributed by atoms with van der Waals surface area (Å²) in [6.45, 7) is 11.5. The van der Waals surface area contributed by atoms with Crippen LogP contribution in [0, 0.1) is 5.92 Å². The van der Waals surface area contributed by atoms with Gasteiger partial charge in [-0.2, -0.15) is 0 Å². The van der Waals surface area contributed by atoms with Gasteiger partial charge in [-0.3, -0.25) is 0 Å². The lowest BCUT2D eigenvalue weighted by molar-refractivity contribution is 0.452. The van der Waals surface area contributed by atoms with Crippen molar-refractivity contribution in [3.8, 4) is 0 Å². The zero-order valence-corrected chi connectivity index (χ0v) is 10.6. The maximum atomic E-state index is 3.55. The highest BCUT2D eigenvalue weighted by molar-refractivity contribution is 5.13. The summed E-state index contributed by atoms with van der Waals surface area (Å²) >= 11 is 0. The van der Waals surface area contributed by atoms with E-state index in [2.05, 4.69) is 18.3 Å². The van der Waals surface area contributed by atoms with E-state index in [1.165, 1.54) is 25.8 Å². The standard InChI is InChI=1S/C9H15N.2C2H6/c1-7-3-2-4-9-8(7)5-6-10-9;2*1-2/h3,8-10H,2,4-6H2,1H3;2*1-2H3. The number of hydrogen-bond donors (Lipinski definition) is 1. The molecule has 0 radical (unpaired) electrons. The van der Waals surface area contributed by atoms with E-state index in [1.54, 1.807) is 5.57 Å².